The average Bonchev–Trinajstić information content (AvgIpc) is 3.24. The number of hydrogen-bond donors (Lipinski definition) is 0. The van der Waals surface area contributed by atoms with Gasteiger partial charge in [0.2, 0.25) is 5.91 Å². The third-order valence-electron chi connectivity index (χ3n) is 7.33. The van der Waals surface area contributed by atoms with Crippen LogP contribution in [0.2, 0.25) is 0 Å². The first kappa shape index (κ1) is 22.4. The van der Waals surface area contributed by atoms with Crippen LogP contribution in [0.25, 0.3) is 0 Å². The molecule has 32 heavy (non-hydrogen) atoms. The van der Waals surface area contributed by atoms with E-state index in [0.717, 1.165) is 55.9 Å². The Hall–Kier alpha value is -2.82. The first-order valence-electron chi connectivity index (χ1n) is 11.7. The summed E-state index contributed by atoms with van der Waals surface area (Å²) in [5.74, 6) is 2.33. The number of carbonyl (C=O) groups excluding carboxylic acids is 2. The SMILES string of the molecule is CC(=O)N1CCC(C2CN(C(=O)c3ccc(C)c(C)c3)CC2COc2ccccc2)CC1. The Morgan fingerprint density at radius 3 is 2.31 bits per heavy atom. The van der Waals surface area contributed by atoms with Crippen molar-refractivity contribution in [1.82, 2.24) is 9.80 Å². The zero-order valence-electron chi connectivity index (χ0n) is 19.4. The average molecular weight is 435 g/mol. The summed E-state index contributed by atoms with van der Waals surface area (Å²) in [4.78, 5) is 29.0. The molecule has 0 bridgehead atoms. The minimum Gasteiger partial charge on any atom is -0.493 e. The van der Waals surface area contributed by atoms with Gasteiger partial charge in [-0.3, -0.25) is 9.59 Å². The molecule has 4 rings (SSSR count). The predicted octanol–water partition coefficient (Wildman–Crippen LogP) is 4.33. The van der Waals surface area contributed by atoms with Gasteiger partial charge in [-0.15, -0.1) is 0 Å². The van der Waals surface area contributed by atoms with Crippen LogP contribution < -0.4 is 4.74 Å². The highest BCUT2D eigenvalue weighted by molar-refractivity contribution is 5.94. The number of aryl methyl sites for hydroxylation is 2. The third kappa shape index (κ3) is 4.98. The second kappa shape index (κ2) is 9.76. The molecule has 0 spiro atoms. The van der Waals surface area contributed by atoms with E-state index in [0.29, 0.717) is 24.4 Å². The molecule has 2 unspecified atom stereocenters. The number of piperidine rings is 1. The van der Waals surface area contributed by atoms with Gasteiger partial charge in [0.25, 0.3) is 5.91 Å². The summed E-state index contributed by atoms with van der Waals surface area (Å²) in [6.45, 7) is 9.49. The molecule has 5 heteroatoms. The van der Waals surface area contributed by atoms with E-state index in [1.807, 2.05) is 58.3 Å². The lowest BCUT2D eigenvalue weighted by Crippen LogP contribution is -2.40. The van der Waals surface area contributed by atoms with Crippen LogP contribution in [-0.4, -0.2) is 54.4 Å². The smallest absolute Gasteiger partial charge is 0.253 e. The number of carbonyl (C=O) groups is 2. The monoisotopic (exact) mass is 434 g/mol. The fraction of sp³-hybridized carbons (Fsp3) is 0.481. The van der Waals surface area contributed by atoms with Gasteiger partial charge in [0.05, 0.1) is 6.61 Å². The number of rotatable bonds is 5. The van der Waals surface area contributed by atoms with Crippen molar-refractivity contribution in [3.63, 3.8) is 0 Å². The van der Waals surface area contributed by atoms with Crippen LogP contribution >= 0.6 is 0 Å². The van der Waals surface area contributed by atoms with Crippen LogP contribution in [0, 0.1) is 31.6 Å². The summed E-state index contributed by atoms with van der Waals surface area (Å²) in [6.07, 6.45) is 2.00. The van der Waals surface area contributed by atoms with Crippen molar-refractivity contribution < 1.29 is 14.3 Å². The van der Waals surface area contributed by atoms with E-state index in [1.54, 1.807) is 6.92 Å². The lowest BCUT2D eigenvalue weighted by atomic mass is 9.78. The molecule has 5 nitrogen and oxygen atoms in total. The Balaban J connectivity index is 1.48. The van der Waals surface area contributed by atoms with E-state index < -0.39 is 0 Å². The van der Waals surface area contributed by atoms with Crippen LogP contribution in [0.15, 0.2) is 48.5 Å². The first-order chi connectivity index (χ1) is 15.4. The molecule has 2 fully saturated rings. The van der Waals surface area contributed by atoms with E-state index in [9.17, 15) is 9.59 Å². The number of para-hydroxylation sites is 1. The number of amides is 2. The zero-order valence-corrected chi connectivity index (χ0v) is 19.4. The maximum Gasteiger partial charge on any atom is 0.253 e. The molecule has 2 amide bonds. The van der Waals surface area contributed by atoms with Crippen molar-refractivity contribution in [2.75, 3.05) is 32.8 Å². The minimum atomic E-state index is 0.112. The largest absolute Gasteiger partial charge is 0.493 e. The quantitative estimate of drug-likeness (QED) is 0.704. The summed E-state index contributed by atoms with van der Waals surface area (Å²) in [6, 6.07) is 15.9. The second-order valence-corrected chi connectivity index (χ2v) is 9.40. The molecule has 0 aromatic heterocycles. The zero-order chi connectivity index (χ0) is 22.7. The molecule has 0 saturated carbocycles. The molecule has 2 aliphatic heterocycles. The number of likely N-dealkylation sites (tertiary alicyclic amines) is 2. The molecule has 0 radical (unpaired) electrons. The Bertz CT molecular complexity index is 951. The van der Waals surface area contributed by atoms with Crippen molar-refractivity contribution in [3.8, 4) is 5.75 Å². The summed E-state index contributed by atoms with van der Waals surface area (Å²) >= 11 is 0. The van der Waals surface area contributed by atoms with Gasteiger partial charge in [0.15, 0.2) is 0 Å². The number of benzene rings is 2. The molecule has 2 aromatic rings. The van der Waals surface area contributed by atoms with Gasteiger partial charge in [-0.1, -0.05) is 24.3 Å². The van der Waals surface area contributed by atoms with Crippen molar-refractivity contribution in [3.05, 3.63) is 65.2 Å². The molecular weight excluding hydrogens is 400 g/mol. The Morgan fingerprint density at radius 2 is 1.66 bits per heavy atom. The summed E-state index contributed by atoms with van der Waals surface area (Å²) in [5, 5.41) is 0. The second-order valence-electron chi connectivity index (χ2n) is 9.40. The van der Waals surface area contributed by atoms with Gasteiger partial charge < -0.3 is 14.5 Å². The summed E-state index contributed by atoms with van der Waals surface area (Å²) in [7, 11) is 0. The maximum absolute atomic E-state index is 13.3. The standard InChI is InChI=1S/C27H34N2O3/c1-19-9-10-23(15-20(19)2)27(31)29-16-24(18-32-25-7-5-4-6-8-25)26(17-29)22-11-13-28(14-12-22)21(3)30/h4-10,15,22,24,26H,11-14,16-18H2,1-3H3. The first-order valence-corrected chi connectivity index (χ1v) is 11.7. The Labute approximate surface area is 191 Å². The number of nitrogens with zero attached hydrogens (tertiary/aromatic N) is 2. The normalized spacial score (nSPS) is 21.6. The van der Waals surface area contributed by atoms with E-state index in [-0.39, 0.29) is 11.8 Å². The van der Waals surface area contributed by atoms with Crippen molar-refractivity contribution in [1.29, 1.82) is 0 Å². The molecule has 0 N–H and O–H groups in total. The molecule has 2 aromatic carbocycles. The van der Waals surface area contributed by atoms with Crippen molar-refractivity contribution in [2.45, 2.75) is 33.6 Å². The van der Waals surface area contributed by atoms with Gasteiger partial charge in [-0.25, -0.2) is 0 Å². The fourth-order valence-electron chi connectivity index (χ4n) is 5.19. The Kier molecular flexibility index (Phi) is 6.83. The lowest BCUT2D eigenvalue weighted by Gasteiger charge is -2.36. The van der Waals surface area contributed by atoms with Crippen LogP contribution in [0.5, 0.6) is 5.75 Å². The van der Waals surface area contributed by atoms with Crippen LogP contribution in [-0.2, 0) is 4.79 Å². The molecular formula is C27H34N2O3. The van der Waals surface area contributed by atoms with E-state index in [1.165, 1.54) is 5.56 Å². The van der Waals surface area contributed by atoms with E-state index >= 15 is 0 Å². The molecule has 170 valence electrons. The van der Waals surface area contributed by atoms with E-state index in [2.05, 4.69) is 13.8 Å². The van der Waals surface area contributed by atoms with Crippen molar-refractivity contribution in [2.24, 2.45) is 17.8 Å². The van der Waals surface area contributed by atoms with Gasteiger partial charge >= 0.3 is 0 Å². The fourth-order valence-corrected chi connectivity index (χ4v) is 5.19. The molecule has 2 atom stereocenters. The maximum atomic E-state index is 13.3. The van der Waals surface area contributed by atoms with Gasteiger partial charge in [-0.2, -0.15) is 0 Å². The highest BCUT2D eigenvalue weighted by Gasteiger charge is 2.41. The predicted molar refractivity (Wildman–Crippen MR) is 126 cm³/mol. The van der Waals surface area contributed by atoms with Crippen LogP contribution in [0.4, 0.5) is 0 Å². The highest BCUT2D eigenvalue weighted by atomic mass is 16.5. The van der Waals surface area contributed by atoms with Gasteiger partial charge in [0.1, 0.15) is 5.75 Å². The van der Waals surface area contributed by atoms with Gasteiger partial charge in [0, 0.05) is 44.6 Å². The van der Waals surface area contributed by atoms with Crippen molar-refractivity contribution >= 4 is 11.8 Å². The minimum absolute atomic E-state index is 0.112. The molecule has 2 heterocycles. The van der Waals surface area contributed by atoms with Crippen LogP contribution in [0.3, 0.4) is 0 Å². The van der Waals surface area contributed by atoms with E-state index in [4.69, 9.17) is 4.74 Å². The van der Waals surface area contributed by atoms with Crippen LogP contribution in [0.1, 0.15) is 41.3 Å². The topological polar surface area (TPSA) is 49.9 Å². The number of ether oxygens (including phenoxy) is 1. The summed E-state index contributed by atoms with van der Waals surface area (Å²) < 4.78 is 6.14. The lowest BCUT2D eigenvalue weighted by molar-refractivity contribution is -0.130. The molecule has 2 aliphatic rings. The summed E-state index contributed by atoms with van der Waals surface area (Å²) in [5.41, 5.74) is 3.11. The van der Waals surface area contributed by atoms with Gasteiger partial charge in [-0.05, 0) is 73.9 Å². The molecule has 0 aliphatic carbocycles. The third-order valence-corrected chi connectivity index (χ3v) is 7.33. The highest BCUT2D eigenvalue weighted by Crippen LogP contribution is 2.37. The number of hydrogen-bond acceptors (Lipinski definition) is 3. The molecule has 2 saturated heterocycles. The Morgan fingerprint density at radius 1 is 0.938 bits per heavy atom.